The molecule has 4 nitrogen and oxygen atoms in total. The number of halogens is 1. The summed E-state index contributed by atoms with van der Waals surface area (Å²) >= 11 is 1.37. The minimum atomic E-state index is -0.285. The number of carbonyl (C=O) groups is 2. The van der Waals surface area contributed by atoms with Gasteiger partial charge >= 0.3 is 5.97 Å². The molecule has 1 aromatic heterocycles. The maximum Gasteiger partial charge on any atom is 0.305 e. The fourth-order valence-electron chi connectivity index (χ4n) is 2.07. The monoisotopic (exact) mass is 335 g/mol. The summed E-state index contributed by atoms with van der Waals surface area (Å²) < 4.78 is 17.5. The van der Waals surface area contributed by atoms with E-state index in [9.17, 15) is 14.0 Å². The average molecular weight is 335 g/mol. The second kappa shape index (κ2) is 7.87. The number of esters is 1. The summed E-state index contributed by atoms with van der Waals surface area (Å²) in [5, 5.41) is 0. The van der Waals surface area contributed by atoms with Crippen molar-refractivity contribution in [1.82, 2.24) is 4.90 Å². The molecule has 0 saturated heterocycles. The summed E-state index contributed by atoms with van der Waals surface area (Å²) in [5.41, 5.74) is 0.879. The van der Waals surface area contributed by atoms with E-state index >= 15 is 0 Å². The standard InChI is InChI=1S/C17H18FNO3S/c1-19(11-3-4-16(20)22-2)17(21)15-10-9-14(23-15)12-5-7-13(18)8-6-12/h5-10H,3-4,11H2,1-2H3. The number of benzene rings is 1. The van der Waals surface area contributed by atoms with Gasteiger partial charge in [0, 0.05) is 24.9 Å². The Morgan fingerprint density at radius 2 is 1.87 bits per heavy atom. The topological polar surface area (TPSA) is 46.6 Å². The predicted octanol–water partition coefficient (Wildman–Crippen LogP) is 3.58. The molecule has 0 spiro atoms. The Morgan fingerprint density at radius 3 is 2.52 bits per heavy atom. The van der Waals surface area contributed by atoms with Gasteiger partial charge in [-0.05, 0) is 36.2 Å². The number of amides is 1. The number of ether oxygens (including phenoxy) is 1. The molecule has 0 unspecified atom stereocenters. The zero-order valence-corrected chi connectivity index (χ0v) is 13.9. The van der Waals surface area contributed by atoms with Gasteiger partial charge in [0.25, 0.3) is 5.91 Å². The van der Waals surface area contributed by atoms with Crippen LogP contribution in [-0.2, 0) is 9.53 Å². The van der Waals surface area contributed by atoms with Crippen molar-refractivity contribution >= 4 is 23.2 Å². The van der Waals surface area contributed by atoms with Crippen LogP contribution in [0.4, 0.5) is 4.39 Å². The van der Waals surface area contributed by atoms with E-state index in [1.807, 2.05) is 6.07 Å². The van der Waals surface area contributed by atoms with E-state index in [1.165, 1.54) is 30.6 Å². The summed E-state index contributed by atoms with van der Waals surface area (Å²) in [7, 11) is 3.05. The van der Waals surface area contributed by atoms with E-state index < -0.39 is 0 Å². The van der Waals surface area contributed by atoms with Gasteiger partial charge in [-0.1, -0.05) is 12.1 Å². The van der Waals surface area contributed by atoms with Crippen LogP contribution in [0.15, 0.2) is 36.4 Å². The lowest BCUT2D eigenvalue weighted by atomic mass is 10.2. The van der Waals surface area contributed by atoms with Crippen molar-refractivity contribution in [2.75, 3.05) is 20.7 Å². The summed E-state index contributed by atoms with van der Waals surface area (Å²) in [6, 6.07) is 9.80. The molecule has 1 heterocycles. The van der Waals surface area contributed by atoms with Crippen LogP contribution in [0.2, 0.25) is 0 Å². The maximum absolute atomic E-state index is 13.0. The highest BCUT2D eigenvalue weighted by Gasteiger charge is 2.15. The third-order valence-corrected chi connectivity index (χ3v) is 4.52. The number of rotatable bonds is 6. The molecule has 2 rings (SSSR count). The van der Waals surface area contributed by atoms with Gasteiger partial charge in [0.05, 0.1) is 12.0 Å². The first-order chi connectivity index (χ1) is 11.0. The van der Waals surface area contributed by atoms with E-state index in [2.05, 4.69) is 4.74 Å². The van der Waals surface area contributed by atoms with Crippen LogP contribution in [0.5, 0.6) is 0 Å². The maximum atomic E-state index is 13.0. The average Bonchev–Trinajstić information content (AvgIpc) is 3.04. The second-order valence-corrected chi connectivity index (χ2v) is 6.16. The van der Waals surface area contributed by atoms with Gasteiger partial charge in [-0.15, -0.1) is 11.3 Å². The highest BCUT2D eigenvalue weighted by molar-refractivity contribution is 7.17. The largest absolute Gasteiger partial charge is 0.469 e. The zero-order valence-electron chi connectivity index (χ0n) is 13.0. The molecule has 0 aliphatic rings. The smallest absolute Gasteiger partial charge is 0.305 e. The Kier molecular flexibility index (Phi) is 5.87. The van der Waals surface area contributed by atoms with Gasteiger partial charge in [0.2, 0.25) is 0 Å². The van der Waals surface area contributed by atoms with Gasteiger partial charge in [-0.3, -0.25) is 9.59 Å². The molecular formula is C17H18FNO3S. The van der Waals surface area contributed by atoms with Crippen LogP contribution in [0.25, 0.3) is 10.4 Å². The molecule has 122 valence electrons. The van der Waals surface area contributed by atoms with Crippen molar-refractivity contribution in [3.05, 3.63) is 47.1 Å². The molecule has 2 aromatic rings. The molecule has 0 atom stereocenters. The lowest BCUT2D eigenvalue weighted by Gasteiger charge is -2.15. The number of thiophene rings is 1. The molecule has 0 fully saturated rings. The van der Waals surface area contributed by atoms with Crippen LogP contribution in [-0.4, -0.2) is 37.5 Å². The Morgan fingerprint density at radius 1 is 1.17 bits per heavy atom. The molecule has 0 saturated carbocycles. The first-order valence-corrected chi connectivity index (χ1v) is 8.01. The molecular weight excluding hydrogens is 317 g/mol. The number of hydrogen-bond donors (Lipinski definition) is 0. The highest BCUT2D eigenvalue weighted by Crippen LogP contribution is 2.28. The predicted molar refractivity (Wildman–Crippen MR) is 87.9 cm³/mol. The number of carbonyl (C=O) groups excluding carboxylic acids is 2. The fraction of sp³-hybridized carbons (Fsp3) is 0.294. The van der Waals surface area contributed by atoms with Gasteiger partial charge in [0.15, 0.2) is 0 Å². The molecule has 0 bridgehead atoms. The minimum Gasteiger partial charge on any atom is -0.469 e. The molecule has 1 aromatic carbocycles. The van der Waals surface area contributed by atoms with Crippen LogP contribution < -0.4 is 0 Å². The second-order valence-electron chi connectivity index (χ2n) is 5.08. The Balaban J connectivity index is 1.97. The van der Waals surface area contributed by atoms with Crippen molar-refractivity contribution in [3.8, 4) is 10.4 Å². The third kappa shape index (κ3) is 4.63. The molecule has 23 heavy (non-hydrogen) atoms. The Bertz CT molecular complexity index is 681. The summed E-state index contributed by atoms with van der Waals surface area (Å²) in [5.74, 6) is -0.652. The highest BCUT2D eigenvalue weighted by atomic mass is 32.1. The van der Waals surface area contributed by atoms with Crippen molar-refractivity contribution < 1.29 is 18.7 Å². The van der Waals surface area contributed by atoms with E-state index in [0.717, 1.165) is 10.4 Å². The molecule has 0 aliphatic carbocycles. The van der Waals surface area contributed by atoms with Crippen LogP contribution in [0, 0.1) is 5.82 Å². The third-order valence-electron chi connectivity index (χ3n) is 3.39. The van der Waals surface area contributed by atoms with Crippen LogP contribution >= 0.6 is 11.3 Å². The molecule has 6 heteroatoms. The molecule has 0 aliphatic heterocycles. The molecule has 1 amide bonds. The van der Waals surface area contributed by atoms with Crippen molar-refractivity contribution in [3.63, 3.8) is 0 Å². The minimum absolute atomic E-state index is 0.0896. The zero-order chi connectivity index (χ0) is 16.8. The lowest BCUT2D eigenvalue weighted by molar-refractivity contribution is -0.140. The van der Waals surface area contributed by atoms with E-state index in [0.29, 0.717) is 24.3 Å². The number of nitrogens with zero attached hydrogens (tertiary/aromatic N) is 1. The van der Waals surface area contributed by atoms with Gasteiger partial charge in [0.1, 0.15) is 5.82 Å². The lowest BCUT2D eigenvalue weighted by Crippen LogP contribution is -2.27. The van der Waals surface area contributed by atoms with Gasteiger partial charge in [-0.25, -0.2) is 4.39 Å². The normalized spacial score (nSPS) is 10.4. The van der Waals surface area contributed by atoms with Gasteiger partial charge in [-0.2, -0.15) is 0 Å². The SMILES string of the molecule is COC(=O)CCCN(C)C(=O)c1ccc(-c2ccc(F)cc2)s1. The molecule has 0 radical (unpaired) electrons. The van der Waals surface area contributed by atoms with E-state index in [4.69, 9.17) is 0 Å². The summed E-state index contributed by atoms with van der Waals surface area (Å²) in [6.45, 7) is 0.484. The van der Waals surface area contributed by atoms with Crippen molar-refractivity contribution in [2.24, 2.45) is 0 Å². The van der Waals surface area contributed by atoms with Gasteiger partial charge < -0.3 is 9.64 Å². The summed E-state index contributed by atoms with van der Waals surface area (Å²) in [6.07, 6.45) is 0.852. The van der Waals surface area contributed by atoms with Crippen LogP contribution in [0.3, 0.4) is 0 Å². The Hall–Kier alpha value is -2.21. The van der Waals surface area contributed by atoms with Crippen molar-refractivity contribution in [2.45, 2.75) is 12.8 Å². The van der Waals surface area contributed by atoms with Crippen molar-refractivity contribution in [1.29, 1.82) is 0 Å². The first-order valence-electron chi connectivity index (χ1n) is 7.19. The Labute approximate surface area is 138 Å². The quantitative estimate of drug-likeness (QED) is 0.758. The van der Waals surface area contributed by atoms with E-state index in [1.54, 1.807) is 30.1 Å². The first kappa shape index (κ1) is 17.1. The molecule has 0 N–H and O–H groups in total. The van der Waals surface area contributed by atoms with E-state index in [-0.39, 0.29) is 17.7 Å². The van der Waals surface area contributed by atoms with Crippen LogP contribution in [0.1, 0.15) is 22.5 Å². The number of methoxy groups -OCH3 is 1. The number of hydrogen-bond acceptors (Lipinski definition) is 4. The summed E-state index contributed by atoms with van der Waals surface area (Å²) in [4.78, 5) is 26.5. The fourth-order valence-corrected chi connectivity index (χ4v) is 3.08.